The van der Waals surface area contributed by atoms with Crippen LogP contribution in [0, 0.1) is 13.8 Å². The molecule has 0 unspecified atom stereocenters. The summed E-state index contributed by atoms with van der Waals surface area (Å²) >= 11 is 1.46. The van der Waals surface area contributed by atoms with Crippen LogP contribution in [0.2, 0.25) is 0 Å². The molecule has 0 saturated heterocycles. The molecule has 0 spiro atoms. The normalized spacial score (nSPS) is 11.1. The number of sulfone groups is 1. The minimum Gasteiger partial charge on any atom is -0.325 e. The lowest BCUT2D eigenvalue weighted by atomic mass is 10.1. The standard InChI is InChI=1S/C24H24N2O4S2/c1-16-7-10-20(11-8-16)31-15-23(27)25-19-9-12-22(17(2)13-19)26-24(28)18-5-4-6-21(14-18)32(3,29)30/h4-14H,15H2,1-3H3,(H,25,27)(H,26,28). The number of carbonyl (C=O) groups excluding carboxylic acids is 2. The Hall–Kier alpha value is -3.10. The first kappa shape index (κ1) is 23.6. The van der Waals surface area contributed by atoms with Crippen LogP contribution in [0.1, 0.15) is 21.5 Å². The summed E-state index contributed by atoms with van der Waals surface area (Å²) < 4.78 is 23.4. The number of hydrogen-bond acceptors (Lipinski definition) is 5. The number of anilines is 2. The maximum Gasteiger partial charge on any atom is 0.255 e. The van der Waals surface area contributed by atoms with Gasteiger partial charge in [-0.2, -0.15) is 0 Å². The molecule has 166 valence electrons. The van der Waals surface area contributed by atoms with E-state index < -0.39 is 15.7 Å². The lowest BCUT2D eigenvalue weighted by Gasteiger charge is -2.12. The highest BCUT2D eigenvalue weighted by Gasteiger charge is 2.13. The highest BCUT2D eigenvalue weighted by molar-refractivity contribution is 8.00. The van der Waals surface area contributed by atoms with Gasteiger partial charge in [0, 0.05) is 28.1 Å². The summed E-state index contributed by atoms with van der Waals surface area (Å²) in [6, 6.07) is 19.1. The predicted octanol–water partition coefficient (Wildman–Crippen LogP) is 4.69. The van der Waals surface area contributed by atoms with Crippen molar-refractivity contribution in [1.29, 1.82) is 0 Å². The van der Waals surface area contributed by atoms with E-state index in [-0.39, 0.29) is 22.1 Å². The van der Waals surface area contributed by atoms with E-state index in [9.17, 15) is 18.0 Å². The van der Waals surface area contributed by atoms with Crippen LogP contribution in [-0.2, 0) is 14.6 Å². The second kappa shape index (κ2) is 10.0. The largest absolute Gasteiger partial charge is 0.325 e. The van der Waals surface area contributed by atoms with E-state index >= 15 is 0 Å². The number of benzene rings is 3. The first-order valence-corrected chi connectivity index (χ1v) is 12.7. The summed E-state index contributed by atoms with van der Waals surface area (Å²) in [5.74, 6) is -0.244. The van der Waals surface area contributed by atoms with E-state index in [0.717, 1.165) is 16.7 Å². The van der Waals surface area contributed by atoms with Crippen molar-refractivity contribution in [2.24, 2.45) is 0 Å². The van der Waals surface area contributed by atoms with E-state index in [1.807, 2.05) is 38.1 Å². The topological polar surface area (TPSA) is 92.3 Å². The van der Waals surface area contributed by atoms with Crippen molar-refractivity contribution in [3.8, 4) is 0 Å². The van der Waals surface area contributed by atoms with Gasteiger partial charge in [-0.25, -0.2) is 8.42 Å². The Labute approximate surface area is 192 Å². The first-order valence-electron chi connectivity index (χ1n) is 9.83. The van der Waals surface area contributed by atoms with Gasteiger partial charge in [-0.05, 0) is 67.9 Å². The van der Waals surface area contributed by atoms with E-state index in [4.69, 9.17) is 0 Å². The number of carbonyl (C=O) groups is 2. The monoisotopic (exact) mass is 468 g/mol. The Kier molecular flexibility index (Phi) is 7.37. The molecular formula is C24H24N2O4S2. The molecule has 0 bridgehead atoms. The lowest BCUT2D eigenvalue weighted by molar-refractivity contribution is -0.113. The molecule has 32 heavy (non-hydrogen) atoms. The van der Waals surface area contributed by atoms with Gasteiger partial charge in [-0.15, -0.1) is 11.8 Å². The van der Waals surface area contributed by atoms with Gasteiger partial charge in [0.1, 0.15) is 0 Å². The Morgan fingerprint density at radius 1 is 0.906 bits per heavy atom. The van der Waals surface area contributed by atoms with Crippen LogP contribution in [0.3, 0.4) is 0 Å². The Bertz CT molecular complexity index is 1250. The maximum atomic E-state index is 12.6. The average Bonchev–Trinajstić information content (AvgIpc) is 2.74. The van der Waals surface area contributed by atoms with Crippen LogP contribution in [0.25, 0.3) is 0 Å². The second-order valence-corrected chi connectivity index (χ2v) is 10.5. The van der Waals surface area contributed by atoms with Gasteiger partial charge in [-0.1, -0.05) is 23.8 Å². The zero-order valence-electron chi connectivity index (χ0n) is 18.0. The predicted molar refractivity (Wildman–Crippen MR) is 129 cm³/mol. The van der Waals surface area contributed by atoms with Crippen molar-refractivity contribution >= 4 is 44.8 Å². The van der Waals surface area contributed by atoms with Crippen LogP contribution >= 0.6 is 11.8 Å². The molecule has 0 heterocycles. The summed E-state index contributed by atoms with van der Waals surface area (Å²) in [5.41, 5.74) is 3.39. The number of aryl methyl sites for hydroxylation is 2. The molecule has 0 radical (unpaired) electrons. The number of hydrogen-bond donors (Lipinski definition) is 2. The van der Waals surface area contributed by atoms with Crippen molar-refractivity contribution in [3.05, 3.63) is 83.4 Å². The molecule has 3 aromatic carbocycles. The number of nitrogens with one attached hydrogen (secondary N) is 2. The third-order valence-electron chi connectivity index (χ3n) is 4.67. The lowest BCUT2D eigenvalue weighted by Crippen LogP contribution is -2.15. The van der Waals surface area contributed by atoms with Crippen molar-refractivity contribution < 1.29 is 18.0 Å². The molecular weight excluding hydrogens is 444 g/mol. The Balaban J connectivity index is 1.61. The fraction of sp³-hybridized carbons (Fsp3) is 0.167. The summed E-state index contributed by atoms with van der Waals surface area (Å²) in [6.07, 6.45) is 1.10. The minimum absolute atomic E-state index is 0.0865. The zero-order chi connectivity index (χ0) is 23.3. The van der Waals surface area contributed by atoms with E-state index in [0.29, 0.717) is 11.4 Å². The molecule has 6 nitrogen and oxygen atoms in total. The minimum atomic E-state index is -3.40. The smallest absolute Gasteiger partial charge is 0.255 e. The van der Waals surface area contributed by atoms with Crippen molar-refractivity contribution in [2.75, 3.05) is 22.6 Å². The van der Waals surface area contributed by atoms with E-state index in [1.54, 1.807) is 24.3 Å². The van der Waals surface area contributed by atoms with Gasteiger partial charge in [0.25, 0.3) is 5.91 Å². The van der Waals surface area contributed by atoms with Crippen LogP contribution in [-0.4, -0.2) is 32.2 Å². The van der Waals surface area contributed by atoms with Crippen LogP contribution in [0.15, 0.2) is 76.5 Å². The fourth-order valence-electron chi connectivity index (χ4n) is 2.92. The molecule has 2 amide bonds. The Morgan fingerprint density at radius 3 is 2.28 bits per heavy atom. The average molecular weight is 469 g/mol. The molecule has 0 fully saturated rings. The van der Waals surface area contributed by atoms with Crippen molar-refractivity contribution in [2.45, 2.75) is 23.6 Å². The molecule has 0 aliphatic heterocycles. The second-order valence-electron chi connectivity index (χ2n) is 7.43. The highest BCUT2D eigenvalue weighted by Crippen LogP contribution is 2.22. The maximum absolute atomic E-state index is 12.6. The number of thioether (sulfide) groups is 1. The SMILES string of the molecule is Cc1ccc(SCC(=O)Nc2ccc(NC(=O)c3cccc(S(C)(=O)=O)c3)c(C)c2)cc1. The molecule has 0 atom stereocenters. The summed E-state index contributed by atoms with van der Waals surface area (Å²) in [6.45, 7) is 3.83. The van der Waals surface area contributed by atoms with Gasteiger partial charge in [-0.3, -0.25) is 9.59 Å². The van der Waals surface area contributed by atoms with Gasteiger partial charge in [0.2, 0.25) is 5.91 Å². The number of rotatable bonds is 7. The van der Waals surface area contributed by atoms with Gasteiger partial charge in [0.05, 0.1) is 10.6 Å². The highest BCUT2D eigenvalue weighted by atomic mass is 32.2. The molecule has 3 rings (SSSR count). The van der Waals surface area contributed by atoms with Gasteiger partial charge in [0.15, 0.2) is 9.84 Å². The molecule has 2 N–H and O–H groups in total. The quantitative estimate of drug-likeness (QED) is 0.491. The molecule has 0 aromatic heterocycles. The van der Waals surface area contributed by atoms with Crippen molar-refractivity contribution in [3.63, 3.8) is 0 Å². The van der Waals surface area contributed by atoms with Gasteiger partial charge >= 0.3 is 0 Å². The number of amides is 2. The zero-order valence-corrected chi connectivity index (χ0v) is 19.6. The van der Waals surface area contributed by atoms with Crippen LogP contribution in [0.4, 0.5) is 11.4 Å². The fourth-order valence-corrected chi connectivity index (χ4v) is 4.29. The molecule has 0 aliphatic carbocycles. The summed E-state index contributed by atoms with van der Waals surface area (Å²) in [7, 11) is -3.40. The molecule has 8 heteroatoms. The first-order chi connectivity index (χ1) is 15.1. The van der Waals surface area contributed by atoms with Gasteiger partial charge < -0.3 is 10.6 Å². The van der Waals surface area contributed by atoms with Crippen LogP contribution < -0.4 is 10.6 Å². The molecule has 3 aromatic rings. The van der Waals surface area contributed by atoms with E-state index in [1.165, 1.54) is 35.5 Å². The third-order valence-corrected chi connectivity index (χ3v) is 6.80. The summed E-state index contributed by atoms with van der Waals surface area (Å²) in [5, 5.41) is 5.65. The third kappa shape index (κ3) is 6.45. The molecule has 0 saturated carbocycles. The Morgan fingerprint density at radius 2 is 1.62 bits per heavy atom. The van der Waals surface area contributed by atoms with E-state index in [2.05, 4.69) is 10.6 Å². The van der Waals surface area contributed by atoms with Crippen molar-refractivity contribution in [1.82, 2.24) is 0 Å². The summed E-state index contributed by atoms with van der Waals surface area (Å²) in [4.78, 5) is 26.0. The van der Waals surface area contributed by atoms with Crippen LogP contribution in [0.5, 0.6) is 0 Å². The molecule has 0 aliphatic rings.